The molecule has 16 heavy (non-hydrogen) atoms. The summed E-state index contributed by atoms with van der Waals surface area (Å²) in [6, 6.07) is 0. The van der Waals surface area contributed by atoms with Crippen molar-refractivity contribution in [1.29, 1.82) is 0 Å². The molecule has 0 atom stereocenters. The van der Waals surface area contributed by atoms with Gasteiger partial charge in [0.25, 0.3) is 0 Å². The molecule has 2 N–H and O–H groups in total. The molecule has 0 aliphatic rings. The third-order valence-corrected chi connectivity index (χ3v) is 2.31. The van der Waals surface area contributed by atoms with Gasteiger partial charge in [0.2, 0.25) is 5.91 Å². The van der Waals surface area contributed by atoms with Gasteiger partial charge in [0.05, 0.1) is 17.9 Å². The number of hydrogen-bond donors (Lipinski definition) is 2. The minimum atomic E-state index is 0.0247. The lowest BCUT2D eigenvalue weighted by molar-refractivity contribution is -0.119. The van der Waals surface area contributed by atoms with Gasteiger partial charge in [-0.2, -0.15) is 5.10 Å². The summed E-state index contributed by atoms with van der Waals surface area (Å²) in [6.07, 6.45) is 3.99. The van der Waals surface area contributed by atoms with Crippen molar-refractivity contribution in [2.75, 3.05) is 18.4 Å². The van der Waals surface area contributed by atoms with Gasteiger partial charge >= 0.3 is 0 Å². The highest BCUT2D eigenvalue weighted by Crippen LogP contribution is 2.10. The molecule has 0 unspecified atom stereocenters. The summed E-state index contributed by atoms with van der Waals surface area (Å²) >= 11 is 0. The normalized spacial score (nSPS) is 10.2. The Morgan fingerprint density at radius 1 is 1.56 bits per heavy atom. The van der Waals surface area contributed by atoms with E-state index < -0.39 is 0 Å². The van der Waals surface area contributed by atoms with Gasteiger partial charge in [0.15, 0.2) is 0 Å². The van der Waals surface area contributed by atoms with Crippen molar-refractivity contribution in [3.63, 3.8) is 0 Å². The van der Waals surface area contributed by atoms with Crippen LogP contribution < -0.4 is 10.6 Å². The van der Waals surface area contributed by atoms with Crippen LogP contribution in [0.15, 0.2) is 6.20 Å². The minimum absolute atomic E-state index is 0.0247. The number of nitrogens with one attached hydrogen (secondary N) is 2. The first kappa shape index (κ1) is 12.5. The largest absolute Gasteiger partial charge is 0.373 e. The van der Waals surface area contributed by atoms with E-state index in [1.165, 1.54) is 0 Å². The second kappa shape index (κ2) is 6.15. The van der Waals surface area contributed by atoms with Crippen molar-refractivity contribution < 1.29 is 4.79 Å². The fraction of sp³-hybridized carbons (Fsp3) is 0.636. The van der Waals surface area contributed by atoms with Crippen LogP contribution in [-0.2, 0) is 11.8 Å². The van der Waals surface area contributed by atoms with E-state index >= 15 is 0 Å². The quantitative estimate of drug-likeness (QED) is 0.710. The van der Waals surface area contributed by atoms with E-state index in [1.807, 2.05) is 20.2 Å². The van der Waals surface area contributed by atoms with Crippen LogP contribution in [0.1, 0.15) is 25.5 Å². The molecule has 0 saturated carbocycles. The van der Waals surface area contributed by atoms with Crippen LogP contribution in [0, 0.1) is 6.92 Å². The van der Waals surface area contributed by atoms with E-state index in [-0.39, 0.29) is 5.91 Å². The molecule has 5 nitrogen and oxygen atoms in total. The second-order valence-electron chi connectivity index (χ2n) is 3.86. The highest BCUT2D eigenvalue weighted by Gasteiger charge is 2.04. The summed E-state index contributed by atoms with van der Waals surface area (Å²) in [5.74, 6) is 0.0247. The molecule has 1 rings (SSSR count). The Bertz CT molecular complexity index is 346. The Morgan fingerprint density at radius 2 is 2.31 bits per heavy atom. The molecule has 1 aromatic rings. The first-order valence-corrected chi connectivity index (χ1v) is 5.64. The van der Waals surface area contributed by atoms with E-state index in [1.54, 1.807) is 4.68 Å². The molecule has 0 radical (unpaired) electrons. The SMILES string of the molecule is CCCCNC(=O)CNc1cn(C)nc1C. The Kier molecular flexibility index (Phi) is 4.82. The summed E-state index contributed by atoms with van der Waals surface area (Å²) in [6.45, 7) is 5.07. The third kappa shape index (κ3) is 3.92. The number of carbonyl (C=O) groups excluding carboxylic acids is 1. The Labute approximate surface area is 96.2 Å². The average molecular weight is 224 g/mol. The molecule has 1 aromatic heterocycles. The summed E-state index contributed by atoms with van der Waals surface area (Å²) in [5, 5.41) is 10.1. The van der Waals surface area contributed by atoms with Crippen LogP contribution in [0.5, 0.6) is 0 Å². The van der Waals surface area contributed by atoms with Crippen LogP contribution in [0.3, 0.4) is 0 Å². The standard InChI is InChI=1S/C11H20N4O/c1-4-5-6-12-11(16)7-13-10-8-15(3)14-9(10)2/h8,13H,4-7H2,1-3H3,(H,12,16). The molecular weight excluding hydrogens is 204 g/mol. The number of amides is 1. The summed E-state index contributed by atoms with van der Waals surface area (Å²) in [4.78, 5) is 11.4. The molecule has 0 aliphatic carbocycles. The number of carbonyl (C=O) groups is 1. The van der Waals surface area contributed by atoms with E-state index in [9.17, 15) is 4.79 Å². The zero-order valence-electron chi connectivity index (χ0n) is 10.2. The smallest absolute Gasteiger partial charge is 0.239 e. The summed E-state index contributed by atoms with van der Waals surface area (Å²) in [5.41, 5.74) is 1.82. The zero-order valence-corrected chi connectivity index (χ0v) is 10.2. The molecule has 0 aromatic carbocycles. The van der Waals surface area contributed by atoms with Crippen molar-refractivity contribution in [2.24, 2.45) is 7.05 Å². The van der Waals surface area contributed by atoms with Gasteiger partial charge in [0.1, 0.15) is 0 Å². The Balaban J connectivity index is 2.29. The number of aryl methyl sites for hydroxylation is 2. The van der Waals surface area contributed by atoms with Crippen molar-refractivity contribution in [2.45, 2.75) is 26.7 Å². The van der Waals surface area contributed by atoms with E-state index in [0.29, 0.717) is 6.54 Å². The predicted octanol–water partition coefficient (Wildman–Crippen LogP) is 1.06. The van der Waals surface area contributed by atoms with Crippen LogP contribution in [0.2, 0.25) is 0 Å². The molecule has 90 valence electrons. The van der Waals surface area contributed by atoms with E-state index in [2.05, 4.69) is 22.7 Å². The first-order valence-electron chi connectivity index (χ1n) is 5.64. The second-order valence-corrected chi connectivity index (χ2v) is 3.86. The molecule has 0 spiro atoms. The molecule has 1 amide bonds. The molecule has 0 fully saturated rings. The van der Waals surface area contributed by atoms with Crippen LogP contribution >= 0.6 is 0 Å². The maximum atomic E-state index is 11.4. The van der Waals surface area contributed by atoms with E-state index in [4.69, 9.17) is 0 Å². The number of aromatic nitrogens is 2. The predicted molar refractivity (Wildman–Crippen MR) is 64.4 cm³/mol. The Hall–Kier alpha value is -1.52. The highest BCUT2D eigenvalue weighted by atomic mass is 16.1. The van der Waals surface area contributed by atoms with Crippen LogP contribution in [0.25, 0.3) is 0 Å². The number of nitrogens with zero attached hydrogens (tertiary/aromatic N) is 2. The summed E-state index contributed by atoms with van der Waals surface area (Å²) in [7, 11) is 1.86. The molecule has 0 aliphatic heterocycles. The number of unbranched alkanes of at least 4 members (excludes halogenated alkanes) is 1. The lowest BCUT2D eigenvalue weighted by Crippen LogP contribution is -2.30. The van der Waals surface area contributed by atoms with Gasteiger partial charge in [-0.3, -0.25) is 9.48 Å². The number of anilines is 1. The molecular formula is C11H20N4O. The molecule has 5 heteroatoms. The van der Waals surface area contributed by atoms with Crippen LogP contribution in [-0.4, -0.2) is 28.8 Å². The maximum Gasteiger partial charge on any atom is 0.239 e. The van der Waals surface area contributed by atoms with Crippen molar-refractivity contribution in [1.82, 2.24) is 15.1 Å². The number of rotatable bonds is 6. The monoisotopic (exact) mass is 224 g/mol. The molecule has 0 saturated heterocycles. The van der Waals surface area contributed by atoms with Crippen molar-refractivity contribution >= 4 is 11.6 Å². The maximum absolute atomic E-state index is 11.4. The number of hydrogen-bond acceptors (Lipinski definition) is 3. The fourth-order valence-electron chi connectivity index (χ4n) is 1.42. The van der Waals surface area contributed by atoms with Gasteiger partial charge in [-0.25, -0.2) is 0 Å². The zero-order chi connectivity index (χ0) is 12.0. The highest BCUT2D eigenvalue weighted by molar-refractivity contribution is 5.80. The van der Waals surface area contributed by atoms with Gasteiger partial charge in [-0.15, -0.1) is 0 Å². The first-order chi connectivity index (χ1) is 7.63. The van der Waals surface area contributed by atoms with E-state index in [0.717, 1.165) is 30.8 Å². The lowest BCUT2D eigenvalue weighted by Gasteiger charge is -2.05. The molecule has 0 bridgehead atoms. The molecule has 1 heterocycles. The van der Waals surface area contributed by atoms with Crippen molar-refractivity contribution in [3.05, 3.63) is 11.9 Å². The van der Waals surface area contributed by atoms with Crippen molar-refractivity contribution in [3.8, 4) is 0 Å². The average Bonchev–Trinajstić information content (AvgIpc) is 2.55. The Morgan fingerprint density at radius 3 is 2.88 bits per heavy atom. The van der Waals surface area contributed by atoms with Gasteiger partial charge in [0, 0.05) is 19.8 Å². The lowest BCUT2D eigenvalue weighted by atomic mass is 10.3. The third-order valence-electron chi connectivity index (χ3n) is 2.31. The minimum Gasteiger partial charge on any atom is -0.373 e. The van der Waals surface area contributed by atoms with Crippen LogP contribution in [0.4, 0.5) is 5.69 Å². The van der Waals surface area contributed by atoms with Gasteiger partial charge in [-0.1, -0.05) is 13.3 Å². The van der Waals surface area contributed by atoms with Gasteiger partial charge in [-0.05, 0) is 13.3 Å². The van der Waals surface area contributed by atoms with Gasteiger partial charge < -0.3 is 10.6 Å². The fourth-order valence-corrected chi connectivity index (χ4v) is 1.42. The topological polar surface area (TPSA) is 59.0 Å². The summed E-state index contributed by atoms with van der Waals surface area (Å²) < 4.78 is 1.73.